The van der Waals surface area contributed by atoms with Gasteiger partial charge in [0.25, 0.3) is 5.91 Å². The summed E-state index contributed by atoms with van der Waals surface area (Å²) in [5.41, 5.74) is 1.60. The fraction of sp³-hybridized carbons (Fsp3) is 0.368. The Balaban J connectivity index is 2.32. The molecule has 140 valence electrons. The Bertz CT molecular complexity index is 826. The molecule has 1 aromatic heterocycles. The van der Waals surface area contributed by atoms with E-state index in [0.717, 1.165) is 10.4 Å². The van der Waals surface area contributed by atoms with Crippen molar-refractivity contribution in [1.82, 2.24) is 0 Å². The minimum atomic E-state index is -0.440. The van der Waals surface area contributed by atoms with Crippen molar-refractivity contribution in [2.45, 2.75) is 33.8 Å². The second kappa shape index (κ2) is 8.23. The van der Waals surface area contributed by atoms with Crippen LogP contribution in [0.2, 0.25) is 0 Å². The van der Waals surface area contributed by atoms with Crippen molar-refractivity contribution in [1.29, 1.82) is 0 Å². The molecule has 0 fully saturated rings. The summed E-state index contributed by atoms with van der Waals surface area (Å²) in [6.07, 6.45) is -0.239. The Morgan fingerprint density at radius 3 is 2.31 bits per heavy atom. The van der Waals surface area contributed by atoms with Gasteiger partial charge in [-0.2, -0.15) is 0 Å². The standard InChI is InChI=1S/C19H23NO5S/c1-10(2)25-19(22)16-11(3)12(4)26-18(16)20-17(21)13-7-8-14(23-5)15(9-13)24-6/h7-10H,1-6H3,(H,20,21). The van der Waals surface area contributed by atoms with Crippen LogP contribution in [0.3, 0.4) is 0 Å². The first-order chi connectivity index (χ1) is 12.3. The molecule has 0 aliphatic carbocycles. The minimum Gasteiger partial charge on any atom is -0.493 e. The van der Waals surface area contributed by atoms with Crippen LogP contribution in [-0.2, 0) is 4.74 Å². The predicted molar refractivity (Wildman–Crippen MR) is 102 cm³/mol. The number of thiophene rings is 1. The average molecular weight is 377 g/mol. The second-order valence-electron chi connectivity index (χ2n) is 5.97. The van der Waals surface area contributed by atoms with E-state index in [1.807, 2.05) is 13.8 Å². The zero-order valence-electron chi connectivity index (χ0n) is 15.8. The SMILES string of the molecule is COc1ccc(C(=O)Nc2sc(C)c(C)c2C(=O)OC(C)C)cc1OC. The van der Waals surface area contributed by atoms with E-state index < -0.39 is 5.97 Å². The molecule has 0 aliphatic rings. The zero-order valence-corrected chi connectivity index (χ0v) is 16.6. The van der Waals surface area contributed by atoms with Gasteiger partial charge in [0.15, 0.2) is 11.5 Å². The van der Waals surface area contributed by atoms with Gasteiger partial charge in [-0.15, -0.1) is 11.3 Å². The van der Waals surface area contributed by atoms with Gasteiger partial charge in [-0.1, -0.05) is 0 Å². The third kappa shape index (κ3) is 4.16. The molecule has 0 bridgehead atoms. The molecule has 1 heterocycles. The Labute approximate surface area is 157 Å². The summed E-state index contributed by atoms with van der Waals surface area (Å²) in [6.45, 7) is 7.32. The number of aryl methyl sites for hydroxylation is 1. The van der Waals surface area contributed by atoms with Crippen molar-refractivity contribution < 1.29 is 23.8 Å². The lowest BCUT2D eigenvalue weighted by molar-refractivity contribution is 0.0379. The van der Waals surface area contributed by atoms with Gasteiger partial charge in [-0.3, -0.25) is 4.79 Å². The van der Waals surface area contributed by atoms with Crippen LogP contribution in [0.25, 0.3) is 0 Å². The largest absolute Gasteiger partial charge is 0.493 e. The Morgan fingerprint density at radius 2 is 1.73 bits per heavy atom. The molecule has 2 rings (SSSR count). The highest BCUT2D eigenvalue weighted by molar-refractivity contribution is 7.16. The number of methoxy groups -OCH3 is 2. The molecule has 7 heteroatoms. The van der Waals surface area contributed by atoms with E-state index in [4.69, 9.17) is 14.2 Å². The molecular formula is C19H23NO5S. The molecule has 0 saturated carbocycles. The summed E-state index contributed by atoms with van der Waals surface area (Å²) < 4.78 is 15.7. The fourth-order valence-electron chi connectivity index (χ4n) is 2.39. The van der Waals surface area contributed by atoms with Crippen LogP contribution in [0.1, 0.15) is 45.0 Å². The number of nitrogens with one attached hydrogen (secondary N) is 1. The van der Waals surface area contributed by atoms with Gasteiger partial charge in [0, 0.05) is 10.4 Å². The number of esters is 1. The summed E-state index contributed by atoms with van der Waals surface area (Å²) in [4.78, 5) is 26.0. The van der Waals surface area contributed by atoms with E-state index in [9.17, 15) is 9.59 Å². The molecule has 0 aliphatic heterocycles. The van der Waals surface area contributed by atoms with Gasteiger partial charge in [0.1, 0.15) is 5.00 Å². The van der Waals surface area contributed by atoms with Crippen LogP contribution in [0.5, 0.6) is 11.5 Å². The lowest BCUT2D eigenvalue weighted by atomic mass is 10.1. The Morgan fingerprint density at radius 1 is 1.08 bits per heavy atom. The maximum atomic E-state index is 12.6. The summed E-state index contributed by atoms with van der Waals surface area (Å²) >= 11 is 1.35. The number of benzene rings is 1. The summed E-state index contributed by atoms with van der Waals surface area (Å²) in [5, 5.41) is 3.29. The predicted octanol–water partition coefficient (Wildman–Crippen LogP) is 4.20. The van der Waals surface area contributed by atoms with E-state index in [0.29, 0.717) is 27.6 Å². The van der Waals surface area contributed by atoms with E-state index in [2.05, 4.69) is 5.32 Å². The van der Waals surface area contributed by atoms with Gasteiger partial charge in [0.2, 0.25) is 0 Å². The first-order valence-electron chi connectivity index (χ1n) is 8.12. The Kier molecular flexibility index (Phi) is 6.26. The van der Waals surface area contributed by atoms with Crippen molar-refractivity contribution in [3.63, 3.8) is 0 Å². The van der Waals surface area contributed by atoms with Crippen molar-refractivity contribution in [2.24, 2.45) is 0 Å². The van der Waals surface area contributed by atoms with E-state index in [-0.39, 0.29) is 12.0 Å². The lowest BCUT2D eigenvalue weighted by Gasteiger charge is -2.11. The smallest absolute Gasteiger partial charge is 0.341 e. The molecule has 1 N–H and O–H groups in total. The topological polar surface area (TPSA) is 73.9 Å². The summed E-state index contributed by atoms with van der Waals surface area (Å²) in [6, 6.07) is 4.89. The number of hydrogen-bond donors (Lipinski definition) is 1. The van der Waals surface area contributed by atoms with Gasteiger partial charge in [-0.25, -0.2) is 4.79 Å². The van der Waals surface area contributed by atoms with Crippen molar-refractivity contribution in [3.8, 4) is 11.5 Å². The maximum absolute atomic E-state index is 12.6. The first-order valence-corrected chi connectivity index (χ1v) is 8.94. The van der Waals surface area contributed by atoms with Gasteiger partial charge in [0.05, 0.1) is 25.9 Å². The molecule has 0 atom stereocenters. The van der Waals surface area contributed by atoms with E-state index in [1.165, 1.54) is 25.6 Å². The highest BCUT2D eigenvalue weighted by Gasteiger charge is 2.23. The number of ether oxygens (including phenoxy) is 3. The highest BCUT2D eigenvalue weighted by atomic mass is 32.1. The maximum Gasteiger partial charge on any atom is 0.341 e. The third-order valence-corrected chi connectivity index (χ3v) is 4.93. The molecule has 0 saturated heterocycles. The molecule has 26 heavy (non-hydrogen) atoms. The van der Waals surface area contributed by atoms with Crippen LogP contribution in [0.15, 0.2) is 18.2 Å². The number of anilines is 1. The summed E-state index contributed by atoms with van der Waals surface area (Å²) in [7, 11) is 3.03. The summed E-state index contributed by atoms with van der Waals surface area (Å²) in [5.74, 6) is 0.210. The van der Waals surface area contributed by atoms with E-state index >= 15 is 0 Å². The molecule has 1 amide bonds. The van der Waals surface area contributed by atoms with E-state index in [1.54, 1.807) is 32.0 Å². The molecule has 0 spiro atoms. The quantitative estimate of drug-likeness (QED) is 0.764. The Hall–Kier alpha value is -2.54. The van der Waals surface area contributed by atoms with Gasteiger partial charge in [-0.05, 0) is 51.5 Å². The third-order valence-electron chi connectivity index (χ3n) is 3.80. The van der Waals surface area contributed by atoms with Crippen LogP contribution >= 0.6 is 11.3 Å². The lowest BCUT2D eigenvalue weighted by Crippen LogP contribution is -2.17. The van der Waals surface area contributed by atoms with Crippen molar-refractivity contribution in [3.05, 3.63) is 39.8 Å². The molecule has 6 nitrogen and oxygen atoms in total. The average Bonchev–Trinajstić information content (AvgIpc) is 2.87. The number of carbonyl (C=O) groups excluding carboxylic acids is 2. The number of rotatable bonds is 6. The molecule has 2 aromatic rings. The zero-order chi connectivity index (χ0) is 19.4. The van der Waals surface area contributed by atoms with Gasteiger partial charge < -0.3 is 19.5 Å². The molecule has 1 aromatic carbocycles. The molecule has 0 radical (unpaired) electrons. The van der Waals surface area contributed by atoms with Crippen LogP contribution in [-0.4, -0.2) is 32.2 Å². The number of carbonyl (C=O) groups is 2. The second-order valence-corrected chi connectivity index (χ2v) is 7.19. The molecule has 0 unspecified atom stereocenters. The highest BCUT2D eigenvalue weighted by Crippen LogP contribution is 2.34. The van der Waals surface area contributed by atoms with Crippen LogP contribution in [0.4, 0.5) is 5.00 Å². The van der Waals surface area contributed by atoms with Crippen molar-refractivity contribution >= 4 is 28.2 Å². The van der Waals surface area contributed by atoms with Crippen LogP contribution < -0.4 is 14.8 Å². The normalized spacial score (nSPS) is 10.6. The minimum absolute atomic E-state index is 0.239. The molecular weight excluding hydrogens is 354 g/mol. The van der Waals surface area contributed by atoms with Gasteiger partial charge >= 0.3 is 5.97 Å². The number of hydrogen-bond acceptors (Lipinski definition) is 6. The monoisotopic (exact) mass is 377 g/mol. The fourth-order valence-corrected chi connectivity index (χ4v) is 3.43. The first kappa shape index (κ1) is 19.8. The number of amides is 1. The van der Waals surface area contributed by atoms with Crippen molar-refractivity contribution in [2.75, 3.05) is 19.5 Å². The van der Waals surface area contributed by atoms with Crippen LogP contribution in [0, 0.1) is 13.8 Å².